The average Bonchev–Trinajstić information content (AvgIpc) is 2.85. The van der Waals surface area contributed by atoms with Crippen LogP contribution in [0.3, 0.4) is 0 Å². The van der Waals surface area contributed by atoms with Crippen molar-refractivity contribution >= 4 is 17.7 Å². The van der Waals surface area contributed by atoms with E-state index in [-0.39, 0.29) is 11.7 Å². The molecule has 1 aromatic heterocycles. The predicted octanol–water partition coefficient (Wildman–Crippen LogP) is 4.54. The van der Waals surface area contributed by atoms with Crippen LogP contribution in [0.5, 0.6) is 11.5 Å². The first-order valence-corrected chi connectivity index (χ1v) is 10.9. The summed E-state index contributed by atoms with van der Waals surface area (Å²) in [4.78, 5) is 18.6. The van der Waals surface area contributed by atoms with Gasteiger partial charge in [-0.2, -0.15) is 0 Å². The van der Waals surface area contributed by atoms with E-state index in [0.717, 1.165) is 39.3 Å². The van der Waals surface area contributed by atoms with Crippen molar-refractivity contribution in [1.82, 2.24) is 9.88 Å². The summed E-state index contributed by atoms with van der Waals surface area (Å²) in [6.45, 7) is 4.55. The Kier molecular flexibility index (Phi) is 7.79. The molecule has 0 spiro atoms. The fourth-order valence-corrected chi connectivity index (χ4v) is 3.46. The number of nitrogens with one attached hydrogen (secondary N) is 1. The van der Waals surface area contributed by atoms with Gasteiger partial charge in [-0.1, -0.05) is 18.2 Å². The van der Waals surface area contributed by atoms with Crippen molar-refractivity contribution in [2.75, 3.05) is 38.2 Å². The monoisotopic (exact) mass is 447 g/mol. The minimum absolute atomic E-state index is 0.0957. The minimum Gasteiger partial charge on any atom is -0.453 e. The molecule has 0 unspecified atom stereocenters. The van der Waals surface area contributed by atoms with E-state index in [2.05, 4.69) is 15.2 Å². The molecule has 2 aromatic carbocycles. The van der Waals surface area contributed by atoms with Crippen LogP contribution in [0.25, 0.3) is 6.08 Å². The Balaban J connectivity index is 1.27. The van der Waals surface area contributed by atoms with E-state index in [9.17, 15) is 9.18 Å². The number of ether oxygens (including phenoxy) is 2. The lowest BCUT2D eigenvalue weighted by Crippen LogP contribution is -2.37. The summed E-state index contributed by atoms with van der Waals surface area (Å²) in [5, 5.41) is 2.83. The Morgan fingerprint density at radius 3 is 2.70 bits per heavy atom. The second kappa shape index (κ2) is 11.4. The molecule has 1 amide bonds. The number of aromatic nitrogens is 1. The van der Waals surface area contributed by atoms with Crippen molar-refractivity contribution in [3.05, 3.63) is 90.0 Å². The third-order valence-electron chi connectivity index (χ3n) is 5.29. The van der Waals surface area contributed by atoms with E-state index in [4.69, 9.17) is 9.47 Å². The number of benzene rings is 2. The van der Waals surface area contributed by atoms with Crippen LogP contribution in [0.2, 0.25) is 0 Å². The molecule has 33 heavy (non-hydrogen) atoms. The third-order valence-corrected chi connectivity index (χ3v) is 5.29. The quantitative estimate of drug-likeness (QED) is 0.514. The maximum absolute atomic E-state index is 14.3. The van der Waals surface area contributed by atoms with Crippen LogP contribution in [0.4, 0.5) is 10.1 Å². The van der Waals surface area contributed by atoms with Gasteiger partial charge in [0, 0.05) is 37.6 Å². The lowest BCUT2D eigenvalue weighted by molar-refractivity contribution is -0.111. The predicted molar refractivity (Wildman–Crippen MR) is 126 cm³/mol. The zero-order chi connectivity index (χ0) is 22.9. The molecule has 0 atom stereocenters. The zero-order valence-corrected chi connectivity index (χ0v) is 18.2. The maximum atomic E-state index is 14.3. The molecule has 4 rings (SSSR count). The smallest absolute Gasteiger partial charge is 0.248 e. The lowest BCUT2D eigenvalue weighted by Gasteiger charge is -2.26. The van der Waals surface area contributed by atoms with Crippen molar-refractivity contribution in [3.8, 4) is 11.5 Å². The highest BCUT2D eigenvalue weighted by atomic mass is 19.1. The van der Waals surface area contributed by atoms with Crippen LogP contribution >= 0.6 is 0 Å². The molecule has 1 N–H and O–H groups in total. The normalized spacial score (nSPS) is 14.3. The molecule has 170 valence electrons. The molecule has 1 saturated heterocycles. The number of halogens is 1. The second-order valence-electron chi connectivity index (χ2n) is 7.70. The lowest BCUT2D eigenvalue weighted by atomic mass is 10.1. The fourth-order valence-electron chi connectivity index (χ4n) is 3.46. The number of nitrogens with zero attached hydrogens (tertiary/aromatic N) is 2. The molecule has 0 saturated carbocycles. The maximum Gasteiger partial charge on any atom is 0.248 e. The number of carbonyl (C=O) groups excluding carboxylic acids is 1. The number of hydrogen-bond donors (Lipinski definition) is 1. The number of carbonyl (C=O) groups is 1. The Morgan fingerprint density at radius 1 is 1.15 bits per heavy atom. The molecule has 0 radical (unpaired) electrons. The van der Waals surface area contributed by atoms with Crippen LogP contribution in [0, 0.1) is 5.82 Å². The summed E-state index contributed by atoms with van der Waals surface area (Å²) in [7, 11) is 0. The molecule has 0 aliphatic carbocycles. The van der Waals surface area contributed by atoms with Gasteiger partial charge in [0.05, 0.1) is 19.4 Å². The van der Waals surface area contributed by atoms with E-state index < -0.39 is 5.82 Å². The Labute approximate surface area is 192 Å². The van der Waals surface area contributed by atoms with Crippen molar-refractivity contribution in [3.63, 3.8) is 0 Å². The van der Waals surface area contributed by atoms with Crippen LogP contribution < -0.4 is 10.1 Å². The van der Waals surface area contributed by atoms with Gasteiger partial charge < -0.3 is 14.8 Å². The van der Waals surface area contributed by atoms with Gasteiger partial charge in [0.2, 0.25) is 5.91 Å². The fraction of sp³-hybridized carbons (Fsp3) is 0.231. The summed E-state index contributed by atoms with van der Waals surface area (Å²) < 4.78 is 25.2. The van der Waals surface area contributed by atoms with Crippen LogP contribution in [0.15, 0.2) is 73.1 Å². The van der Waals surface area contributed by atoms with Crippen molar-refractivity contribution in [1.29, 1.82) is 0 Å². The van der Waals surface area contributed by atoms with Gasteiger partial charge in [0.25, 0.3) is 0 Å². The van der Waals surface area contributed by atoms with E-state index in [1.165, 1.54) is 30.0 Å². The Morgan fingerprint density at radius 2 is 1.97 bits per heavy atom. The van der Waals surface area contributed by atoms with Crippen LogP contribution in [0.1, 0.15) is 11.1 Å². The first kappa shape index (κ1) is 22.6. The van der Waals surface area contributed by atoms with E-state index in [0.29, 0.717) is 17.0 Å². The Hall–Kier alpha value is -3.55. The van der Waals surface area contributed by atoms with Gasteiger partial charge in [-0.15, -0.1) is 0 Å². The molecule has 3 aromatic rings. The van der Waals surface area contributed by atoms with E-state index in [1.807, 2.05) is 24.3 Å². The van der Waals surface area contributed by atoms with E-state index >= 15 is 0 Å². The minimum atomic E-state index is -0.519. The molecular weight excluding hydrogens is 421 g/mol. The largest absolute Gasteiger partial charge is 0.453 e. The van der Waals surface area contributed by atoms with Gasteiger partial charge in [-0.25, -0.2) is 4.39 Å². The summed E-state index contributed by atoms with van der Waals surface area (Å²) in [5.41, 5.74) is 2.49. The highest BCUT2D eigenvalue weighted by Gasteiger charge is 2.10. The number of hydrogen-bond acceptors (Lipinski definition) is 5. The second-order valence-corrected chi connectivity index (χ2v) is 7.70. The van der Waals surface area contributed by atoms with Crippen LogP contribution in [-0.2, 0) is 16.0 Å². The summed E-state index contributed by atoms with van der Waals surface area (Å²) in [6.07, 6.45) is 7.02. The molecule has 1 aliphatic heterocycles. The molecule has 6 nitrogen and oxygen atoms in total. The number of amides is 1. The number of anilines is 1. The summed E-state index contributed by atoms with van der Waals surface area (Å²) in [5.74, 6) is -0.259. The molecule has 1 aliphatic rings. The van der Waals surface area contributed by atoms with Gasteiger partial charge in [-0.3, -0.25) is 14.7 Å². The van der Waals surface area contributed by atoms with Crippen molar-refractivity contribution < 1.29 is 18.7 Å². The number of morpholine rings is 1. The first-order valence-electron chi connectivity index (χ1n) is 10.9. The molecule has 1 fully saturated rings. The highest BCUT2D eigenvalue weighted by Crippen LogP contribution is 2.25. The van der Waals surface area contributed by atoms with Crippen molar-refractivity contribution in [2.45, 2.75) is 6.42 Å². The molecule has 2 heterocycles. The molecule has 0 bridgehead atoms. The topological polar surface area (TPSA) is 63.7 Å². The summed E-state index contributed by atoms with van der Waals surface area (Å²) in [6, 6.07) is 15.8. The van der Waals surface area contributed by atoms with Gasteiger partial charge in [-0.05, 0) is 60.0 Å². The average molecular weight is 448 g/mol. The number of pyridine rings is 1. The number of rotatable bonds is 8. The first-order chi connectivity index (χ1) is 16.2. The standard InChI is InChI=1S/C26H26FN3O3/c27-24-18-21(5-9-25(24)33-23-2-1-12-28-19-23)6-10-26(31)29-22-7-3-20(4-8-22)11-13-30-14-16-32-17-15-30/h1-10,12,18-19H,11,13-17H2,(H,29,31)/b10-6+. The highest BCUT2D eigenvalue weighted by molar-refractivity contribution is 6.01. The summed E-state index contributed by atoms with van der Waals surface area (Å²) >= 11 is 0. The third kappa shape index (κ3) is 6.97. The van der Waals surface area contributed by atoms with Gasteiger partial charge >= 0.3 is 0 Å². The molecular formula is C26H26FN3O3. The van der Waals surface area contributed by atoms with Gasteiger partial charge in [0.15, 0.2) is 11.6 Å². The SMILES string of the molecule is O=C(/C=C/c1ccc(Oc2cccnc2)c(F)c1)Nc1ccc(CCN2CCOCC2)cc1. The Bertz CT molecular complexity index is 1080. The zero-order valence-electron chi connectivity index (χ0n) is 18.2. The van der Waals surface area contributed by atoms with Crippen LogP contribution in [-0.4, -0.2) is 48.6 Å². The van der Waals surface area contributed by atoms with Gasteiger partial charge in [0.1, 0.15) is 5.75 Å². The van der Waals surface area contributed by atoms with E-state index in [1.54, 1.807) is 30.5 Å². The molecule has 7 heteroatoms. The van der Waals surface area contributed by atoms with Crippen molar-refractivity contribution in [2.24, 2.45) is 0 Å².